The summed E-state index contributed by atoms with van der Waals surface area (Å²) >= 11 is 2.04. The van der Waals surface area contributed by atoms with Crippen LogP contribution < -0.4 is 5.32 Å². The molecule has 1 heterocycles. The maximum atomic E-state index is 3.78. The summed E-state index contributed by atoms with van der Waals surface area (Å²) in [6.45, 7) is 5.84. The van der Waals surface area contributed by atoms with Crippen molar-refractivity contribution in [1.82, 2.24) is 5.32 Å². The molecule has 1 aromatic heterocycles. The first-order valence-electron chi connectivity index (χ1n) is 8.56. The summed E-state index contributed by atoms with van der Waals surface area (Å²) in [5.74, 6) is 2.68. The van der Waals surface area contributed by atoms with E-state index in [2.05, 4.69) is 31.3 Å². The summed E-state index contributed by atoms with van der Waals surface area (Å²) < 4.78 is 0. The predicted molar refractivity (Wildman–Crippen MR) is 88.6 cm³/mol. The van der Waals surface area contributed by atoms with Crippen LogP contribution in [0.15, 0.2) is 12.1 Å². The van der Waals surface area contributed by atoms with Crippen LogP contribution in [0.25, 0.3) is 0 Å². The largest absolute Gasteiger partial charge is 0.314 e. The summed E-state index contributed by atoms with van der Waals surface area (Å²) in [5.41, 5.74) is 0. The van der Waals surface area contributed by atoms with E-state index in [1.807, 2.05) is 11.3 Å². The van der Waals surface area contributed by atoms with Crippen molar-refractivity contribution in [1.29, 1.82) is 0 Å². The number of nitrogens with one attached hydrogen (secondary N) is 1. The van der Waals surface area contributed by atoms with Gasteiger partial charge < -0.3 is 5.32 Å². The van der Waals surface area contributed by atoms with Gasteiger partial charge in [0.15, 0.2) is 0 Å². The summed E-state index contributed by atoms with van der Waals surface area (Å²) in [7, 11) is 0. The third kappa shape index (κ3) is 3.65. The van der Waals surface area contributed by atoms with Crippen LogP contribution in [0.4, 0.5) is 0 Å². The zero-order valence-electron chi connectivity index (χ0n) is 13.0. The Kier molecular flexibility index (Phi) is 4.83. The highest BCUT2D eigenvalue weighted by molar-refractivity contribution is 7.12. The average molecular weight is 292 g/mol. The summed E-state index contributed by atoms with van der Waals surface area (Å²) in [5, 5.41) is 3.78. The van der Waals surface area contributed by atoms with Crippen molar-refractivity contribution in [2.75, 3.05) is 6.54 Å². The summed E-state index contributed by atoms with van der Waals surface area (Å²) in [6.07, 6.45) is 9.94. The predicted octanol–water partition coefficient (Wildman–Crippen LogP) is 5.11. The molecule has 2 aliphatic carbocycles. The zero-order valence-corrected chi connectivity index (χ0v) is 13.8. The lowest BCUT2D eigenvalue weighted by Crippen LogP contribution is -2.32. The minimum absolute atomic E-state index is 0.824. The minimum atomic E-state index is 0.824. The Morgan fingerprint density at radius 3 is 2.70 bits per heavy atom. The van der Waals surface area contributed by atoms with Crippen molar-refractivity contribution in [3.8, 4) is 0 Å². The quantitative estimate of drug-likeness (QED) is 0.768. The molecule has 2 saturated carbocycles. The van der Waals surface area contributed by atoms with Crippen molar-refractivity contribution < 1.29 is 0 Å². The fraction of sp³-hybridized carbons (Fsp3) is 0.778. The highest BCUT2D eigenvalue weighted by atomic mass is 32.1. The minimum Gasteiger partial charge on any atom is -0.314 e. The zero-order chi connectivity index (χ0) is 13.9. The second-order valence-corrected chi connectivity index (χ2v) is 8.28. The molecule has 0 amide bonds. The number of thiophene rings is 1. The molecular weight excluding hydrogens is 262 g/mol. The molecule has 3 unspecified atom stereocenters. The Bertz CT molecular complexity index is 421. The first-order chi connectivity index (χ1) is 9.76. The van der Waals surface area contributed by atoms with Crippen molar-refractivity contribution in [3.05, 3.63) is 21.9 Å². The fourth-order valence-corrected chi connectivity index (χ4v) is 4.93. The number of hydrogen-bond acceptors (Lipinski definition) is 2. The number of aryl methyl sites for hydroxylation is 1. The molecule has 2 aliphatic rings. The lowest BCUT2D eigenvalue weighted by molar-refractivity contribution is 0.222. The normalized spacial score (nSPS) is 30.6. The van der Waals surface area contributed by atoms with E-state index in [4.69, 9.17) is 0 Å². The third-order valence-corrected chi connectivity index (χ3v) is 6.30. The Morgan fingerprint density at radius 2 is 2.05 bits per heavy atom. The monoisotopic (exact) mass is 291 g/mol. The van der Waals surface area contributed by atoms with Gasteiger partial charge in [0.1, 0.15) is 0 Å². The molecule has 0 aliphatic heterocycles. The van der Waals surface area contributed by atoms with Gasteiger partial charge in [0, 0.05) is 15.8 Å². The van der Waals surface area contributed by atoms with Gasteiger partial charge in [0.25, 0.3) is 0 Å². The average Bonchev–Trinajstić information content (AvgIpc) is 3.18. The Hall–Kier alpha value is -0.340. The van der Waals surface area contributed by atoms with Crippen LogP contribution in [0, 0.1) is 18.8 Å². The van der Waals surface area contributed by atoms with Crippen molar-refractivity contribution in [3.63, 3.8) is 0 Å². The summed E-state index contributed by atoms with van der Waals surface area (Å²) in [4.78, 5) is 3.14. The van der Waals surface area contributed by atoms with Gasteiger partial charge in [-0.25, -0.2) is 0 Å². The molecule has 112 valence electrons. The van der Waals surface area contributed by atoms with E-state index in [1.54, 1.807) is 4.88 Å². The van der Waals surface area contributed by atoms with E-state index in [1.165, 1.54) is 56.4 Å². The van der Waals surface area contributed by atoms with Gasteiger partial charge in [0.2, 0.25) is 0 Å². The van der Waals surface area contributed by atoms with E-state index >= 15 is 0 Å². The topological polar surface area (TPSA) is 12.0 Å². The van der Waals surface area contributed by atoms with Gasteiger partial charge >= 0.3 is 0 Å². The van der Waals surface area contributed by atoms with Gasteiger partial charge in [-0.2, -0.15) is 0 Å². The molecule has 20 heavy (non-hydrogen) atoms. The molecule has 0 spiro atoms. The maximum absolute atomic E-state index is 3.78. The van der Waals surface area contributed by atoms with Gasteiger partial charge in [-0.15, -0.1) is 11.3 Å². The second-order valence-electron chi connectivity index (χ2n) is 6.97. The van der Waals surface area contributed by atoms with E-state index < -0.39 is 0 Å². The molecule has 3 atom stereocenters. The Balaban J connectivity index is 1.66. The molecule has 0 aromatic carbocycles. The molecule has 1 aromatic rings. The molecule has 0 radical (unpaired) electrons. The Labute approximate surface area is 128 Å². The van der Waals surface area contributed by atoms with Gasteiger partial charge in [-0.3, -0.25) is 0 Å². The van der Waals surface area contributed by atoms with Crippen LogP contribution in [-0.2, 0) is 0 Å². The smallest absolute Gasteiger partial charge is 0.00823 e. The molecule has 2 heteroatoms. The molecular formula is C18H29NS. The van der Waals surface area contributed by atoms with Crippen LogP contribution in [0.5, 0.6) is 0 Å². The first kappa shape index (κ1) is 14.6. The highest BCUT2D eigenvalue weighted by Crippen LogP contribution is 2.44. The SMILES string of the molecule is CCCC1CCC(CNC2CC2)C(c2ccc(C)s2)C1. The highest BCUT2D eigenvalue weighted by Gasteiger charge is 2.33. The van der Waals surface area contributed by atoms with Crippen molar-refractivity contribution in [2.24, 2.45) is 11.8 Å². The van der Waals surface area contributed by atoms with Crippen molar-refractivity contribution >= 4 is 11.3 Å². The number of rotatable bonds is 6. The van der Waals surface area contributed by atoms with Crippen LogP contribution in [-0.4, -0.2) is 12.6 Å². The standard InChI is InChI=1S/C18H29NS/c1-3-4-14-6-7-15(12-19-16-8-9-16)17(11-14)18-10-5-13(2)20-18/h5,10,14-17,19H,3-4,6-9,11-12H2,1-2H3. The lowest BCUT2D eigenvalue weighted by atomic mass is 9.72. The second kappa shape index (κ2) is 6.62. The molecule has 2 fully saturated rings. The van der Waals surface area contributed by atoms with Crippen molar-refractivity contribution in [2.45, 2.75) is 70.8 Å². The first-order valence-corrected chi connectivity index (χ1v) is 9.37. The van der Waals surface area contributed by atoms with Gasteiger partial charge in [-0.05, 0) is 69.0 Å². The van der Waals surface area contributed by atoms with Crippen LogP contribution in [0.1, 0.15) is 67.5 Å². The fourth-order valence-electron chi connectivity index (χ4n) is 3.84. The number of hydrogen-bond donors (Lipinski definition) is 1. The van der Waals surface area contributed by atoms with Crippen LogP contribution in [0.3, 0.4) is 0 Å². The van der Waals surface area contributed by atoms with Crippen LogP contribution >= 0.6 is 11.3 Å². The van der Waals surface area contributed by atoms with E-state index in [-0.39, 0.29) is 0 Å². The van der Waals surface area contributed by atoms with Crippen LogP contribution in [0.2, 0.25) is 0 Å². The third-order valence-electron chi connectivity index (χ3n) is 5.17. The molecule has 3 rings (SSSR count). The molecule has 0 bridgehead atoms. The summed E-state index contributed by atoms with van der Waals surface area (Å²) in [6, 6.07) is 5.58. The van der Waals surface area contributed by atoms with E-state index in [9.17, 15) is 0 Å². The van der Waals surface area contributed by atoms with Gasteiger partial charge in [-0.1, -0.05) is 26.2 Å². The maximum Gasteiger partial charge on any atom is 0.00823 e. The van der Waals surface area contributed by atoms with Gasteiger partial charge in [0.05, 0.1) is 0 Å². The molecule has 1 nitrogen and oxygen atoms in total. The molecule has 1 N–H and O–H groups in total. The Morgan fingerprint density at radius 1 is 1.20 bits per heavy atom. The van der Waals surface area contributed by atoms with E-state index in [0.29, 0.717) is 0 Å². The lowest BCUT2D eigenvalue weighted by Gasteiger charge is -2.36. The molecule has 0 saturated heterocycles. The van der Waals surface area contributed by atoms with E-state index in [0.717, 1.165) is 23.8 Å².